The van der Waals surface area contributed by atoms with Gasteiger partial charge in [-0.3, -0.25) is 10.2 Å². The first-order valence-electron chi connectivity index (χ1n) is 6.00. The summed E-state index contributed by atoms with van der Waals surface area (Å²) in [4.78, 5) is 12.0. The fourth-order valence-corrected chi connectivity index (χ4v) is 1.97. The molecule has 0 saturated carbocycles. The summed E-state index contributed by atoms with van der Waals surface area (Å²) in [7, 11) is 5.26. The van der Waals surface area contributed by atoms with E-state index in [-0.39, 0.29) is 11.8 Å². The third-order valence-electron chi connectivity index (χ3n) is 3.19. The van der Waals surface area contributed by atoms with E-state index in [0.717, 1.165) is 22.4 Å². The van der Waals surface area contributed by atoms with Crippen LogP contribution in [0.4, 0.5) is 0 Å². The number of amides is 1. The minimum Gasteiger partial charge on any atom is -0.496 e. The van der Waals surface area contributed by atoms with Gasteiger partial charge in [-0.2, -0.15) is 0 Å². The van der Waals surface area contributed by atoms with Gasteiger partial charge in [0.25, 0.3) is 0 Å². The van der Waals surface area contributed by atoms with Crippen LogP contribution in [-0.4, -0.2) is 32.1 Å². The van der Waals surface area contributed by atoms with Gasteiger partial charge >= 0.3 is 0 Å². The van der Waals surface area contributed by atoms with Crippen LogP contribution in [0.25, 0.3) is 0 Å². The van der Waals surface area contributed by atoms with Gasteiger partial charge < -0.3 is 4.74 Å². The lowest BCUT2D eigenvalue weighted by Crippen LogP contribution is -2.38. The number of benzene rings is 1. The normalized spacial score (nSPS) is 12.4. The average Bonchev–Trinajstić information content (AvgIpc) is 2.31. The van der Waals surface area contributed by atoms with Crippen molar-refractivity contribution >= 4 is 5.91 Å². The fourth-order valence-electron chi connectivity index (χ4n) is 1.97. The Morgan fingerprint density at radius 3 is 2.39 bits per heavy atom. The van der Waals surface area contributed by atoms with Gasteiger partial charge in [-0.25, -0.2) is 5.01 Å². The van der Waals surface area contributed by atoms with Gasteiger partial charge in [-0.05, 0) is 43.5 Å². The molecule has 4 heteroatoms. The van der Waals surface area contributed by atoms with E-state index in [4.69, 9.17) is 4.74 Å². The third kappa shape index (κ3) is 3.01. The summed E-state index contributed by atoms with van der Waals surface area (Å²) in [6.07, 6.45) is 0. The smallest absolute Gasteiger partial charge is 0.241 e. The molecule has 1 atom stereocenters. The standard InChI is InChI=1S/C14H22N2O2/c1-9-10(2)13(18-6)8-7-12(9)11(3)14(17)15-16(4)5/h7-8,11H,1-6H3,(H,15,17). The van der Waals surface area contributed by atoms with Gasteiger partial charge in [0, 0.05) is 14.1 Å². The molecule has 4 nitrogen and oxygen atoms in total. The Balaban J connectivity index is 3.03. The minimum atomic E-state index is -0.183. The zero-order chi connectivity index (χ0) is 13.9. The molecule has 18 heavy (non-hydrogen) atoms. The van der Waals surface area contributed by atoms with Crippen molar-refractivity contribution in [2.24, 2.45) is 0 Å². The Morgan fingerprint density at radius 1 is 1.28 bits per heavy atom. The van der Waals surface area contributed by atoms with Crippen LogP contribution in [0.15, 0.2) is 12.1 Å². The van der Waals surface area contributed by atoms with Gasteiger partial charge in [-0.15, -0.1) is 0 Å². The quantitative estimate of drug-likeness (QED) is 0.831. The molecule has 0 aromatic heterocycles. The molecule has 0 bridgehead atoms. The molecule has 100 valence electrons. The summed E-state index contributed by atoms with van der Waals surface area (Å²) in [5.41, 5.74) is 6.00. The Labute approximate surface area is 109 Å². The highest BCUT2D eigenvalue weighted by Crippen LogP contribution is 2.28. The second-order valence-electron chi connectivity index (χ2n) is 4.70. The SMILES string of the molecule is COc1ccc(C(C)C(=O)NN(C)C)c(C)c1C. The summed E-state index contributed by atoms with van der Waals surface area (Å²) in [5.74, 6) is 0.668. The third-order valence-corrected chi connectivity index (χ3v) is 3.19. The molecule has 0 aliphatic rings. The lowest BCUT2D eigenvalue weighted by molar-refractivity contribution is -0.126. The van der Waals surface area contributed by atoms with Crippen LogP contribution >= 0.6 is 0 Å². The summed E-state index contributed by atoms with van der Waals surface area (Å²) in [6.45, 7) is 5.94. The predicted molar refractivity (Wildman–Crippen MR) is 72.7 cm³/mol. The number of hydrogen-bond acceptors (Lipinski definition) is 3. The number of rotatable bonds is 4. The number of hydrogen-bond donors (Lipinski definition) is 1. The largest absolute Gasteiger partial charge is 0.496 e. The first-order chi connectivity index (χ1) is 8.38. The van der Waals surface area contributed by atoms with Crippen molar-refractivity contribution in [3.05, 3.63) is 28.8 Å². The van der Waals surface area contributed by atoms with E-state index in [0.29, 0.717) is 0 Å². The lowest BCUT2D eigenvalue weighted by Gasteiger charge is -2.20. The van der Waals surface area contributed by atoms with Crippen molar-refractivity contribution in [3.8, 4) is 5.75 Å². The number of hydrazine groups is 1. The van der Waals surface area contributed by atoms with Crippen molar-refractivity contribution in [3.63, 3.8) is 0 Å². The number of nitrogens with one attached hydrogen (secondary N) is 1. The van der Waals surface area contributed by atoms with Crippen LogP contribution in [0.5, 0.6) is 5.75 Å². The Hall–Kier alpha value is -1.55. The Kier molecular flexibility index (Phi) is 4.73. The van der Waals surface area contributed by atoms with E-state index in [1.54, 1.807) is 26.2 Å². The highest BCUT2D eigenvalue weighted by molar-refractivity contribution is 5.83. The van der Waals surface area contributed by atoms with Crippen molar-refractivity contribution in [2.45, 2.75) is 26.7 Å². The lowest BCUT2D eigenvalue weighted by atomic mass is 9.92. The zero-order valence-electron chi connectivity index (χ0n) is 12.0. The van der Waals surface area contributed by atoms with Gasteiger partial charge in [-0.1, -0.05) is 6.07 Å². The van der Waals surface area contributed by atoms with E-state index in [1.165, 1.54) is 0 Å². The van der Waals surface area contributed by atoms with Gasteiger partial charge in [0.15, 0.2) is 0 Å². The van der Waals surface area contributed by atoms with E-state index in [1.807, 2.05) is 32.9 Å². The van der Waals surface area contributed by atoms with Crippen LogP contribution < -0.4 is 10.2 Å². The molecule has 0 aliphatic carbocycles. The van der Waals surface area contributed by atoms with Crippen LogP contribution in [0, 0.1) is 13.8 Å². The maximum absolute atomic E-state index is 12.0. The van der Waals surface area contributed by atoms with Crippen molar-refractivity contribution in [1.29, 1.82) is 0 Å². The maximum Gasteiger partial charge on any atom is 0.241 e. The summed E-state index contributed by atoms with van der Waals surface area (Å²) < 4.78 is 5.28. The van der Waals surface area contributed by atoms with Crippen LogP contribution in [0.1, 0.15) is 29.5 Å². The molecular formula is C14H22N2O2. The summed E-state index contributed by atoms with van der Waals surface area (Å²) >= 11 is 0. The van der Waals surface area contributed by atoms with E-state index >= 15 is 0 Å². The molecule has 1 aromatic carbocycles. The van der Waals surface area contributed by atoms with Crippen LogP contribution in [-0.2, 0) is 4.79 Å². The summed E-state index contributed by atoms with van der Waals surface area (Å²) in [5, 5.41) is 1.66. The Bertz CT molecular complexity index is 442. The van der Waals surface area contributed by atoms with Crippen molar-refractivity contribution in [1.82, 2.24) is 10.4 Å². The number of carbonyl (C=O) groups excluding carboxylic acids is 1. The molecule has 1 amide bonds. The molecule has 0 fully saturated rings. The molecular weight excluding hydrogens is 228 g/mol. The molecule has 1 unspecified atom stereocenters. The van der Waals surface area contributed by atoms with Gasteiger partial charge in [0.05, 0.1) is 13.0 Å². The number of carbonyl (C=O) groups is 1. The first kappa shape index (κ1) is 14.5. The molecule has 0 saturated heterocycles. The van der Waals surface area contributed by atoms with Crippen LogP contribution in [0.3, 0.4) is 0 Å². The number of methoxy groups -OCH3 is 1. The zero-order valence-corrected chi connectivity index (χ0v) is 12.0. The average molecular weight is 250 g/mol. The molecule has 0 heterocycles. The van der Waals surface area contributed by atoms with E-state index in [9.17, 15) is 4.79 Å². The number of ether oxygens (including phenoxy) is 1. The number of nitrogens with zero attached hydrogens (tertiary/aromatic N) is 1. The molecule has 1 rings (SSSR count). The second-order valence-corrected chi connectivity index (χ2v) is 4.70. The minimum absolute atomic E-state index is 0.00679. The van der Waals surface area contributed by atoms with Crippen molar-refractivity contribution < 1.29 is 9.53 Å². The fraction of sp³-hybridized carbons (Fsp3) is 0.500. The van der Waals surface area contributed by atoms with Crippen molar-refractivity contribution in [2.75, 3.05) is 21.2 Å². The molecule has 1 aromatic rings. The molecule has 0 spiro atoms. The maximum atomic E-state index is 12.0. The Morgan fingerprint density at radius 2 is 1.89 bits per heavy atom. The highest BCUT2D eigenvalue weighted by Gasteiger charge is 2.19. The molecule has 1 N–H and O–H groups in total. The topological polar surface area (TPSA) is 41.6 Å². The van der Waals surface area contributed by atoms with Gasteiger partial charge in [0.1, 0.15) is 5.75 Å². The highest BCUT2D eigenvalue weighted by atomic mass is 16.5. The summed E-state index contributed by atoms with van der Waals surface area (Å²) in [6, 6.07) is 3.87. The van der Waals surface area contributed by atoms with E-state index in [2.05, 4.69) is 5.43 Å². The molecule has 0 radical (unpaired) electrons. The monoisotopic (exact) mass is 250 g/mol. The second kappa shape index (κ2) is 5.87. The molecule has 0 aliphatic heterocycles. The first-order valence-corrected chi connectivity index (χ1v) is 6.00. The predicted octanol–water partition coefficient (Wildman–Crippen LogP) is 2.01. The van der Waals surface area contributed by atoms with Gasteiger partial charge in [0.2, 0.25) is 5.91 Å². The van der Waals surface area contributed by atoms with E-state index < -0.39 is 0 Å². The van der Waals surface area contributed by atoms with Crippen LogP contribution in [0.2, 0.25) is 0 Å².